The largest absolute Gasteiger partial charge is 0.465 e. The molecule has 162 valence electrons. The maximum Gasteiger partial charge on any atom is 0.341 e. The quantitative estimate of drug-likeness (QED) is 0.457. The number of primary sulfonamides is 1. The molecule has 1 heterocycles. The third kappa shape index (κ3) is 5.57. The molecule has 0 radical (unpaired) electrons. The first kappa shape index (κ1) is 22.7. The number of carbonyl (C=O) groups excluding carboxylic acids is 1. The molecule has 0 spiro atoms. The van der Waals surface area contributed by atoms with E-state index in [1.165, 1.54) is 37.0 Å². The van der Waals surface area contributed by atoms with Crippen LogP contribution in [0.3, 0.4) is 0 Å². The van der Waals surface area contributed by atoms with Gasteiger partial charge in [-0.1, -0.05) is 25.0 Å². The van der Waals surface area contributed by atoms with Crippen molar-refractivity contribution in [1.29, 1.82) is 0 Å². The second-order valence-corrected chi connectivity index (χ2v) is 10.2. The summed E-state index contributed by atoms with van der Waals surface area (Å²) in [5.74, 6) is -0.350. The van der Waals surface area contributed by atoms with Crippen LogP contribution in [0.5, 0.6) is 0 Å². The zero-order valence-electron chi connectivity index (χ0n) is 16.7. The molecule has 4 N–H and O–H groups in total. The van der Waals surface area contributed by atoms with E-state index in [9.17, 15) is 13.2 Å². The number of thiocarbonyl (C=S) groups is 1. The SMILES string of the molecule is COC(=O)c1c(NC(=S)NCc2ccc(S(N)(=O)=O)cc2)sc2c1CCCCCC2. The Bertz CT molecular complexity index is 1030. The van der Waals surface area contributed by atoms with Crippen LogP contribution in [0.4, 0.5) is 5.00 Å². The maximum absolute atomic E-state index is 12.5. The number of nitrogens with two attached hydrogens (primary N) is 1. The number of esters is 1. The summed E-state index contributed by atoms with van der Waals surface area (Å²) in [4.78, 5) is 13.7. The second kappa shape index (κ2) is 9.86. The normalized spacial score (nSPS) is 14.2. The van der Waals surface area contributed by atoms with Crippen LogP contribution in [-0.2, 0) is 34.1 Å². The van der Waals surface area contributed by atoms with Crippen molar-refractivity contribution in [2.24, 2.45) is 5.14 Å². The Hall–Kier alpha value is -2.01. The molecule has 3 rings (SSSR count). The van der Waals surface area contributed by atoms with Crippen molar-refractivity contribution in [1.82, 2.24) is 5.32 Å². The monoisotopic (exact) mass is 467 g/mol. The van der Waals surface area contributed by atoms with Gasteiger partial charge in [0.25, 0.3) is 0 Å². The van der Waals surface area contributed by atoms with Gasteiger partial charge in [0.2, 0.25) is 10.0 Å². The van der Waals surface area contributed by atoms with Gasteiger partial charge in [-0.3, -0.25) is 0 Å². The Balaban J connectivity index is 1.71. The van der Waals surface area contributed by atoms with E-state index in [0.29, 0.717) is 22.2 Å². The number of hydrogen-bond acceptors (Lipinski definition) is 6. The van der Waals surface area contributed by atoms with Gasteiger partial charge in [0.05, 0.1) is 17.6 Å². The summed E-state index contributed by atoms with van der Waals surface area (Å²) < 4.78 is 27.7. The number of aryl methyl sites for hydroxylation is 1. The van der Waals surface area contributed by atoms with Gasteiger partial charge in [0, 0.05) is 11.4 Å². The van der Waals surface area contributed by atoms with Crippen molar-refractivity contribution >= 4 is 49.7 Å². The third-order valence-electron chi connectivity index (χ3n) is 4.99. The summed E-state index contributed by atoms with van der Waals surface area (Å²) in [6, 6.07) is 6.26. The highest BCUT2D eigenvalue weighted by Crippen LogP contribution is 2.37. The van der Waals surface area contributed by atoms with Crippen LogP contribution in [0.15, 0.2) is 29.2 Å². The summed E-state index contributed by atoms with van der Waals surface area (Å²) in [5.41, 5.74) is 2.51. The van der Waals surface area contributed by atoms with E-state index in [4.69, 9.17) is 22.1 Å². The summed E-state index contributed by atoms with van der Waals surface area (Å²) in [6.07, 6.45) is 6.38. The van der Waals surface area contributed by atoms with E-state index >= 15 is 0 Å². The average Bonchev–Trinajstić information content (AvgIpc) is 3.01. The van der Waals surface area contributed by atoms with Crippen molar-refractivity contribution in [2.75, 3.05) is 12.4 Å². The van der Waals surface area contributed by atoms with Gasteiger partial charge in [-0.25, -0.2) is 18.4 Å². The van der Waals surface area contributed by atoms with Gasteiger partial charge in [-0.15, -0.1) is 11.3 Å². The highest BCUT2D eigenvalue weighted by molar-refractivity contribution is 7.89. The molecule has 0 bridgehead atoms. The fourth-order valence-electron chi connectivity index (χ4n) is 3.45. The van der Waals surface area contributed by atoms with E-state index in [0.717, 1.165) is 36.8 Å². The Morgan fingerprint density at radius 1 is 1.17 bits per heavy atom. The van der Waals surface area contributed by atoms with Crippen molar-refractivity contribution in [2.45, 2.75) is 50.0 Å². The van der Waals surface area contributed by atoms with Crippen LogP contribution in [0.1, 0.15) is 52.0 Å². The van der Waals surface area contributed by atoms with Gasteiger partial charge in [0.15, 0.2) is 5.11 Å². The lowest BCUT2D eigenvalue weighted by Crippen LogP contribution is -2.28. The molecule has 7 nitrogen and oxygen atoms in total. The number of benzene rings is 1. The number of ether oxygens (including phenoxy) is 1. The molecule has 0 amide bonds. The smallest absolute Gasteiger partial charge is 0.341 e. The van der Waals surface area contributed by atoms with Crippen LogP contribution in [0.25, 0.3) is 0 Å². The van der Waals surface area contributed by atoms with E-state index in [1.807, 2.05) is 0 Å². The first-order valence-corrected chi connectivity index (χ1v) is 12.5. The molecule has 10 heteroatoms. The van der Waals surface area contributed by atoms with Crippen LogP contribution in [0, 0.1) is 0 Å². The first-order chi connectivity index (χ1) is 14.3. The molecule has 1 aromatic heterocycles. The predicted octanol–water partition coefficient (Wildman–Crippen LogP) is 3.33. The van der Waals surface area contributed by atoms with Crippen molar-refractivity contribution in [3.63, 3.8) is 0 Å². The molecular formula is C20H25N3O4S3. The van der Waals surface area contributed by atoms with Crippen LogP contribution < -0.4 is 15.8 Å². The Morgan fingerprint density at radius 3 is 2.47 bits per heavy atom. The molecular weight excluding hydrogens is 442 g/mol. The zero-order chi connectivity index (χ0) is 21.7. The Kier molecular flexibility index (Phi) is 7.45. The predicted molar refractivity (Wildman–Crippen MR) is 122 cm³/mol. The molecule has 0 unspecified atom stereocenters. The summed E-state index contributed by atoms with van der Waals surface area (Å²) in [6.45, 7) is 0.398. The molecule has 0 aliphatic heterocycles. The number of carbonyl (C=O) groups is 1. The number of sulfonamides is 1. The second-order valence-electron chi connectivity index (χ2n) is 7.11. The minimum atomic E-state index is -3.71. The summed E-state index contributed by atoms with van der Waals surface area (Å²) >= 11 is 6.98. The summed E-state index contributed by atoms with van der Waals surface area (Å²) in [7, 11) is -2.33. The fraction of sp³-hybridized carbons (Fsp3) is 0.400. The molecule has 1 aliphatic carbocycles. The van der Waals surface area contributed by atoms with Gasteiger partial charge in [-0.05, 0) is 61.2 Å². The van der Waals surface area contributed by atoms with Crippen molar-refractivity contribution < 1.29 is 17.9 Å². The van der Waals surface area contributed by atoms with Crippen molar-refractivity contribution in [3.8, 4) is 0 Å². The third-order valence-corrected chi connectivity index (χ3v) is 7.38. The summed E-state index contributed by atoms with van der Waals surface area (Å²) in [5, 5.41) is 12.4. The molecule has 0 saturated heterocycles. The van der Waals surface area contributed by atoms with Gasteiger partial charge < -0.3 is 15.4 Å². The maximum atomic E-state index is 12.5. The first-order valence-electron chi connectivity index (χ1n) is 9.69. The minimum Gasteiger partial charge on any atom is -0.465 e. The molecule has 0 atom stereocenters. The minimum absolute atomic E-state index is 0.0608. The van der Waals surface area contributed by atoms with Crippen LogP contribution in [0.2, 0.25) is 0 Å². The van der Waals surface area contributed by atoms with Gasteiger partial charge >= 0.3 is 5.97 Å². The fourth-order valence-corrected chi connectivity index (χ4v) is 5.49. The molecule has 2 aromatic rings. The van der Waals surface area contributed by atoms with Gasteiger partial charge in [-0.2, -0.15) is 0 Å². The van der Waals surface area contributed by atoms with E-state index in [2.05, 4.69) is 10.6 Å². The molecule has 1 aliphatic rings. The molecule has 0 fully saturated rings. The van der Waals surface area contributed by atoms with Crippen LogP contribution >= 0.6 is 23.6 Å². The number of methoxy groups -OCH3 is 1. The highest BCUT2D eigenvalue weighted by Gasteiger charge is 2.25. The lowest BCUT2D eigenvalue weighted by atomic mass is 9.96. The molecule has 1 aromatic carbocycles. The number of fused-ring (bicyclic) bond motifs is 1. The topological polar surface area (TPSA) is 111 Å². The average molecular weight is 468 g/mol. The standard InChI is InChI=1S/C20H25N3O4S3/c1-27-19(24)17-15-6-4-2-3-5-7-16(15)29-18(17)23-20(28)22-12-13-8-10-14(11-9-13)30(21,25)26/h8-11H,2-7,12H2,1H3,(H2,21,25,26)(H2,22,23,28). The highest BCUT2D eigenvalue weighted by atomic mass is 32.2. The molecule has 0 saturated carbocycles. The zero-order valence-corrected chi connectivity index (χ0v) is 19.1. The Labute approximate surface area is 186 Å². The van der Waals surface area contributed by atoms with Crippen molar-refractivity contribution in [3.05, 3.63) is 45.8 Å². The number of nitrogens with one attached hydrogen (secondary N) is 2. The lowest BCUT2D eigenvalue weighted by Gasteiger charge is -2.12. The van der Waals surface area contributed by atoms with Crippen LogP contribution in [-0.4, -0.2) is 26.6 Å². The lowest BCUT2D eigenvalue weighted by molar-refractivity contribution is 0.0601. The number of thiophene rings is 1. The molecule has 30 heavy (non-hydrogen) atoms. The number of anilines is 1. The van der Waals surface area contributed by atoms with E-state index in [-0.39, 0.29) is 10.9 Å². The van der Waals surface area contributed by atoms with E-state index in [1.54, 1.807) is 23.5 Å². The van der Waals surface area contributed by atoms with E-state index < -0.39 is 10.0 Å². The Morgan fingerprint density at radius 2 is 1.83 bits per heavy atom. The number of hydrogen-bond donors (Lipinski definition) is 3. The number of rotatable bonds is 5. The van der Waals surface area contributed by atoms with Gasteiger partial charge in [0.1, 0.15) is 5.00 Å².